The monoisotopic (exact) mass is 246 g/mol. The van der Waals surface area contributed by atoms with Crippen molar-refractivity contribution in [3.05, 3.63) is 29.3 Å². The zero-order chi connectivity index (χ0) is 13.3. The van der Waals surface area contributed by atoms with E-state index in [0.29, 0.717) is 6.04 Å². The van der Waals surface area contributed by atoms with Gasteiger partial charge in [0.1, 0.15) is 0 Å². The lowest BCUT2D eigenvalue weighted by Crippen LogP contribution is -2.49. The molecule has 1 aliphatic rings. The highest BCUT2D eigenvalue weighted by Gasteiger charge is 2.19. The topological polar surface area (TPSA) is 15.3 Å². The van der Waals surface area contributed by atoms with Gasteiger partial charge in [0.25, 0.3) is 0 Å². The molecular weight excluding hydrogens is 220 g/mol. The van der Waals surface area contributed by atoms with Crippen molar-refractivity contribution in [2.75, 3.05) is 24.5 Å². The first-order chi connectivity index (χ1) is 8.38. The summed E-state index contributed by atoms with van der Waals surface area (Å²) in [6.07, 6.45) is 0. The SMILES string of the molecule is Cc1cc(C(C)(C)C)ccc1N1CCN[C@@H](C)C1. The van der Waals surface area contributed by atoms with Crippen LogP contribution in [0.4, 0.5) is 5.69 Å². The van der Waals surface area contributed by atoms with Gasteiger partial charge in [-0.25, -0.2) is 0 Å². The van der Waals surface area contributed by atoms with Gasteiger partial charge >= 0.3 is 0 Å². The summed E-state index contributed by atoms with van der Waals surface area (Å²) in [6, 6.07) is 7.52. The van der Waals surface area contributed by atoms with E-state index >= 15 is 0 Å². The van der Waals surface area contributed by atoms with E-state index in [2.05, 4.69) is 63.0 Å². The Morgan fingerprint density at radius 3 is 2.56 bits per heavy atom. The van der Waals surface area contributed by atoms with Crippen LogP contribution in [0.3, 0.4) is 0 Å². The van der Waals surface area contributed by atoms with Gasteiger partial charge in [-0.1, -0.05) is 32.9 Å². The summed E-state index contributed by atoms with van der Waals surface area (Å²) < 4.78 is 0. The first-order valence-electron chi connectivity index (χ1n) is 6.97. The average Bonchev–Trinajstić information content (AvgIpc) is 2.27. The van der Waals surface area contributed by atoms with E-state index < -0.39 is 0 Å². The Hall–Kier alpha value is -1.02. The normalized spacial score (nSPS) is 21.2. The first kappa shape index (κ1) is 13.4. The van der Waals surface area contributed by atoms with Gasteiger partial charge in [0.2, 0.25) is 0 Å². The fourth-order valence-corrected chi connectivity index (χ4v) is 2.63. The summed E-state index contributed by atoms with van der Waals surface area (Å²) in [7, 11) is 0. The van der Waals surface area contributed by atoms with E-state index in [4.69, 9.17) is 0 Å². The number of hydrogen-bond donors (Lipinski definition) is 1. The Kier molecular flexibility index (Phi) is 3.67. The van der Waals surface area contributed by atoms with Crippen LogP contribution in [0.2, 0.25) is 0 Å². The first-order valence-corrected chi connectivity index (χ1v) is 6.97. The Morgan fingerprint density at radius 2 is 2.00 bits per heavy atom. The molecule has 1 aromatic carbocycles. The van der Waals surface area contributed by atoms with E-state index in [1.54, 1.807) is 0 Å². The summed E-state index contributed by atoms with van der Waals surface area (Å²) in [5.41, 5.74) is 4.46. The van der Waals surface area contributed by atoms with Crippen LogP contribution in [0, 0.1) is 6.92 Å². The molecule has 1 aliphatic heterocycles. The Morgan fingerprint density at radius 1 is 1.28 bits per heavy atom. The standard InChI is InChI=1S/C16H26N2/c1-12-10-14(16(3,4)5)6-7-15(12)18-9-8-17-13(2)11-18/h6-7,10,13,17H,8-9,11H2,1-5H3/t13-/m0/s1. The highest BCUT2D eigenvalue weighted by Crippen LogP contribution is 2.28. The van der Waals surface area contributed by atoms with Crippen LogP contribution >= 0.6 is 0 Å². The van der Waals surface area contributed by atoms with Gasteiger partial charge in [-0.3, -0.25) is 0 Å². The largest absolute Gasteiger partial charge is 0.368 e. The van der Waals surface area contributed by atoms with Crippen molar-refractivity contribution < 1.29 is 0 Å². The number of nitrogens with one attached hydrogen (secondary N) is 1. The fourth-order valence-electron chi connectivity index (χ4n) is 2.63. The third kappa shape index (κ3) is 2.86. The molecule has 0 amide bonds. The minimum Gasteiger partial charge on any atom is -0.368 e. The molecule has 0 unspecified atom stereocenters. The van der Waals surface area contributed by atoms with Crippen LogP contribution in [-0.4, -0.2) is 25.7 Å². The molecule has 100 valence electrons. The van der Waals surface area contributed by atoms with E-state index in [9.17, 15) is 0 Å². The van der Waals surface area contributed by atoms with Gasteiger partial charge in [-0.05, 0) is 36.5 Å². The van der Waals surface area contributed by atoms with Crippen LogP contribution in [0.1, 0.15) is 38.8 Å². The van der Waals surface area contributed by atoms with Crippen LogP contribution in [0.15, 0.2) is 18.2 Å². The summed E-state index contributed by atoms with van der Waals surface area (Å²) in [5.74, 6) is 0. The quantitative estimate of drug-likeness (QED) is 0.819. The summed E-state index contributed by atoms with van der Waals surface area (Å²) in [5, 5.41) is 3.50. The van der Waals surface area contributed by atoms with Gasteiger partial charge in [0.05, 0.1) is 0 Å². The number of aryl methyl sites for hydroxylation is 1. The van der Waals surface area contributed by atoms with E-state index in [-0.39, 0.29) is 5.41 Å². The van der Waals surface area contributed by atoms with Crippen molar-refractivity contribution in [3.63, 3.8) is 0 Å². The molecular formula is C16H26N2. The van der Waals surface area contributed by atoms with Crippen LogP contribution in [0.5, 0.6) is 0 Å². The average molecular weight is 246 g/mol. The van der Waals surface area contributed by atoms with Crippen LogP contribution in [-0.2, 0) is 5.41 Å². The third-order valence-corrected chi connectivity index (χ3v) is 3.77. The molecule has 2 nitrogen and oxygen atoms in total. The zero-order valence-corrected chi connectivity index (χ0v) is 12.4. The summed E-state index contributed by atoms with van der Waals surface area (Å²) >= 11 is 0. The minimum atomic E-state index is 0.236. The predicted molar refractivity (Wildman–Crippen MR) is 79.6 cm³/mol. The van der Waals surface area contributed by atoms with Gasteiger partial charge in [0.15, 0.2) is 0 Å². The Labute approximate surface area is 111 Å². The summed E-state index contributed by atoms with van der Waals surface area (Å²) in [4.78, 5) is 2.50. The molecule has 1 N–H and O–H groups in total. The zero-order valence-electron chi connectivity index (χ0n) is 12.4. The lowest BCUT2D eigenvalue weighted by atomic mass is 9.86. The Balaban J connectivity index is 2.24. The lowest BCUT2D eigenvalue weighted by Gasteiger charge is -2.35. The van der Waals surface area contributed by atoms with Gasteiger partial charge < -0.3 is 10.2 Å². The Bertz CT molecular complexity index is 418. The maximum atomic E-state index is 3.50. The third-order valence-electron chi connectivity index (χ3n) is 3.77. The number of rotatable bonds is 1. The number of piperazine rings is 1. The van der Waals surface area contributed by atoms with Gasteiger partial charge in [-0.2, -0.15) is 0 Å². The summed E-state index contributed by atoms with van der Waals surface area (Å²) in [6.45, 7) is 14.6. The number of anilines is 1. The van der Waals surface area contributed by atoms with Crippen LogP contribution in [0.25, 0.3) is 0 Å². The van der Waals surface area contributed by atoms with Crippen molar-refractivity contribution in [1.82, 2.24) is 5.32 Å². The molecule has 1 heterocycles. The molecule has 1 aromatic rings. The second-order valence-corrected chi connectivity index (χ2v) is 6.55. The van der Waals surface area contributed by atoms with Crippen LogP contribution < -0.4 is 10.2 Å². The molecule has 0 radical (unpaired) electrons. The molecule has 0 aliphatic carbocycles. The highest BCUT2D eigenvalue weighted by molar-refractivity contribution is 5.55. The molecule has 2 rings (SSSR count). The van der Waals surface area contributed by atoms with Crippen molar-refractivity contribution >= 4 is 5.69 Å². The molecule has 2 heteroatoms. The maximum Gasteiger partial charge on any atom is 0.0397 e. The van der Waals surface area contributed by atoms with Gasteiger partial charge in [-0.15, -0.1) is 0 Å². The molecule has 0 aromatic heterocycles. The van der Waals surface area contributed by atoms with Crippen molar-refractivity contribution in [3.8, 4) is 0 Å². The second kappa shape index (κ2) is 4.93. The molecule has 0 bridgehead atoms. The molecule has 1 fully saturated rings. The second-order valence-electron chi connectivity index (χ2n) is 6.55. The molecule has 1 saturated heterocycles. The number of hydrogen-bond acceptors (Lipinski definition) is 2. The molecule has 0 spiro atoms. The van der Waals surface area contributed by atoms with Crippen molar-refractivity contribution in [1.29, 1.82) is 0 Å². The fraction of sp³-hybridized carbons (Fsp3) is 0.625. The molecule has 0 saturated carbocycles. The van der Waals surface area contributed by atoms with E-state index in [1.165, 1.54) is 16.8 Å². The number of benzene rings is 1. The molecule has 1 atom stereocenters. The maximum absolute atomic E-state index is 3.50. The highest BCUT2D eigenvalue weighted by atomic mass is 15.2. The van der Waals surface area contributed by atoms with Crippen molar-refractivity contribution in [2.24, 2.45) is 0 Å². The van der Waals surface area contributed by atoms with Gasteiger partial charge in [0, 0.05) is 31.4 Å². The predicted octanol–water partition coefficient (Wildman–Crippen LogP) is 3.09. The molecule has 18 heavy (non-hydrogen) atoms. The number of nitrogens with zero attached hydrogens (tertiary/aromatic N) is 1. The van der Waals surface area contributed by atoms with E-state index in [1.807, 2.05) is 0 Å². The van der Waals surface area contributed by atoms with Crippen molar-refractivity contribution in [2.45, 2.75) is 46.1 Å². The smallest absolute Gasteiger partial charge is 0.0397 e. The lowest BCUT2D eigenvalue weighted by molar-refractivity contribution is 0.484. The minimum absolute atomic E-state index is 0.236. The van der Waals surface area contributed by atoms with E-state index in [0.717, 1.165) is 19.6 Å².